The van der Waals surface area contributed by atoms with E-state index in [4.69, 9.17) is 14.6 Å². The van der Waals surface area contributed by atoms with E-state index in [0.717, 1.165) is 11.3 Å². The van der Waals surface area contributed by atoms with E-state index in [1.807, 2.05) is 20.8 Å². The molecule has 1 saturated heterocycles. The first-order valence-corrected chi connectivity index (χ1v) is 6.73. The van der Waals surface area contributed by atoms with Gasteiger partial charge in [-0.15, -0.1) is 0 Å². The largest absolute Gasteiger partial charge is 0.488 e. The monoisotopic (exact) mass is 282 g/mol. The maximum atomic E-state index is 9.95. The number of ether oxygens (including phenoxy) is 2. The van der Waals surface area contributed by atoms with Crippen LogP contribution in [0.4, 0.5) is 0 Å². The minimum absolute atomic E-state index is 0.275. The summed E-state index contributed by atoms with van der Waals surface area (Å²) in [5.41, 5.74) is 0.469. The SMILES string of the molecule is CC(C)(C)Oc1ccc([C@@H]2O[C@H](CO)[C@@H](O)[C@H]2O)cc1. The molecule has 20 heavy (non-hydrogen) atoms. The van der Waals surface area contributed by atoms with Gasteiger partial charge in [0.05, 0.1) is 6.61 Å². The minimum atomic E-state index is -1.07. The maximum absolute atomic E-state index is 9.95. The minimum Gasteiger partial charge on any atom is -0.488 e. The van der Waals surface area contributed by atoms with Crippen molar-refractivity contribution in [3.05, 3.63) is 29.8 Å². The van der Waals surface area contributed by atoms with Crippen LogP contribution in [-0.4, -0.2) is 45.8 Å². The zero-order chi connectivity index (χ0) is 14.9. The molecule has 5 nitrogen and oxygen atoms in total. The summed E-state index contributed by atoms with van der Waals surface area (Å²) < 4.78 is 11.2. The van der Waals surface area contributed by atoms with Crippen LogP contribution in [0.1, 0.15) is 32.4 Å². The summed E-state index contributed by atoms with van der Waals surface area (Å²) in [6.07, 6.45) is -3.50. The Bertz CT molecular complexity index is 437. The van der Waals surface area contributed by atoms with Crippen molar-refractivity contribution >= 4 is 0 Å². The molecule has 4 atom stereocenters. The highest BCUT2D eigenvalue weighted by Gasteiger charge is 2.42. The van der Waals surface area contributed by atoms with Crippen LogP contribution < -0.4 is 4.74 Å². The molecular formula is C15H22O5. The van der Waals surface area contributed by atoms with E-state index in [-0.39, 0.29) is 12.2 Å². The first-order chi connectivity index (χ1) is 9.31. The van der Waals surface area contributed by atoms with Gasteiger partial charge in [-0.3, -0.25) is 0 Å². The topological polar surface area (TPSA) is 79.2 Å². The van der Waals surface area contributed by atoms with Gasteiger partial charge in [-0.25, -0.2) is 0 Å². The van der Waals surface area contributed by atoms with Gasteiger partial charge in [0.25, 0.3) is 0 Å². The van der Waals surface area contributed by atoms with Crippen LogP contribution in [0.25, 0.3) is 0 Å². The molecule has 112 valence electrons. The summed E-state index contributed by atoms with van der Waals surface area (Å²) in [7, 11) is 0. The van der Waals surface area contributed by atoms with Crippen LogP contribution in [0, 0.1) is 0 Å². The summed E-state index contributed by atoms with van der Waals surface area (Å²) in [6, 6.07) is 7.19. The molecule has 1 aliphatic heterocycles. The molecule has 1 aromatic rings. The Morgan fingerprint density at radius 3 is 2.15 bits per heavy atom. The second-order valence-corrected chi connectivity index (χ2v) is 6.04. The van der Waals surface area contributed by atoms with E-state index >= 15 is 0 Å². The van der Waals surface area contributed by atoms with Crippen molar-refractivity contribution in [3.63, 3.8) is 0 Å². The molecule has 1 fully saturated rings. The molecule has 1 aromatic carbocycles. The van der Waals surface area contributed by atoms with E-state index < -0.39 is 24.4 Å². The van der Waals surface area contributed by atoms with E-state index in [2.05, 4.69) is 0 Å². The Balaban J connectivity index is 2.11. The summed E-state index contributed by atoms with van der Waals surface area (Å²) in [4.78, 5) is 0. The zero-order valence-electron chi connectivity index (χ0n) is 12.0. The molecule has 1 aliphatic rings. The van der Waals surface area contributed by atoms with Crippen molar-refractivity contribution in [2.24, 2.45) is 0 Å². The van der Waals surface area contributed by atoms with Crippen molar-refractivity contribution in [1.82, 2.24) is 0 Å². The average molecular weight is 282 g/mol. The number of hydrogen-bond donors (Lipinski definition) is 3. The molecule has 1 heterocycles. The summed E-state index contributed by atoms with van der Waals surface area (Å²) in [6.45, 7) is 5.58. The average Bonchev–Trinajstić information content (AvgIpc) is 2.65. The molecule has 0 radical (unpaired) electrons. The number of hydrogen-bond acceptors (Lipinski definition) is 5. The van der Waals surface area contributed by atoms with E-state index in [9.17, 15) is 10.2 Å². The van der Waals surface area contributed by atoms with E-state index in [1.54, 1.807) is 24.3 Å². The predicted molar refractivity (Wildman–Crippen MR) is 73.5 cm³/mol. The van der Waals surface area contributed by atoms with Crippen LogP contribution in [0.15, 0.2) is 24.3 Å². The summed E-state index contributed by atoms with van der Waals surface area (Å²) in [5, 5.41) is 28.8. The standard InChI is InChI=1S/C15H22O5/c1-15(2,3)20-10-6-4-9(5-7-10)14-13(18)12(17)11(8-16)19-14/h4-7,11-14,16-18H,8H2,1-3H3/t11-,12-,13-,14+/m1/s1. The van der Waals surface area contributed by atoms with Crippen LogP contribution in [-0.2, 0) is 4.74 Å². The number of benzene rings is 1. The van der Waals surface area contributed by atoms with Crippen molar-refractivity contribution < 1.29 is 24.8 Å². The summed E-state index contributed by atoms with van der Waals surface area (Å²) in [5.74, 6) is 0.730. The molecule has 0 bridgehead atoms. The van der Waals surface area contributed by atoms with Crippen LogP contribution >= 0.6 is 0 Å². The lowest BCUT2D eigenvalue weighted by atomic mass is 10.0. The van der Waals surface area contributed by atoms with Gasteiger partial charge in [-0.2, -0.15) is 0 Å². The van der Waals surface area contributed by atoms with Crippen molar-refractivity contribution in [2.75, 3.05) is 6.61 Å². The smallest absolute Gasteiger partial charge is 0.120 e. The maximum Gasteiger partial charge on any atom is 0.120 e. The molecule has 0 aliphatic carbocycles. The third-order valence-corrected chi connectivity index (χ3v) is 3.18. The molecule has 0 unspecified atom stereocenters. The highest BCUT2D eigenvalue weighted by Crippen LogP contribution is 2.34. The Morgan fingerprint density at radius 2 is 1.70 bits per heavy atom. The highest BCUT2D eigenvalue weighted by molar-refractivity contribution is 5.30. The van der Waals surface area contributed by atoms with Gasteiger partial charge in [-0.05, 0) is 38.5 Å². The Hall–Kier alpha value is -1.14. The lowest BCUT2D eigenvalue weighted by Gasteiger charge is -2.22. The Labute approximate surface area is 118 Å². The Morgan fingerprint density at radius 1 is 1.10 bits per heavy atom. The molecule has 0 spiro atoms. The van der Waals surface area contributed by atoms with Gasteiger partial charge in [0, 0.05) is 0 Å². The third-order valence-electron chi connectivity index (χ3n) is 3.18. The first-order valence-electron chi connectivity index (χ1n) is 6.73. The first kappa shape index (κ1) is 15.3. The summed E-state index contributed by atoms with van der Waals surface area (Å²) >= 11 is 0. The lowest BCUT2D eigenvalue weighted by molar-refractivity contribution is -0.0227. The van der Waals surface area contributed by atoms with Gasteiger partial charge in [0.1, 0.15) is 35.8 Å². The van der Waals surface area contributed by atoms with Crippen LogP contribution in [0.2, 0.25) is 0 Å². The molecule has 0 aromatic heterocycles. The quantitative estimate of drug-likeness (QED) is 0.771. The van der Waals surface area contributed by atoms with Gasteiger partial charge >= 0.3 is 0 Å². The Kier molecular flexibility index (Phi) is 4.34. The third kappa shape index (κ3) is 3.30. The number of aliphatic hydroxyl groups excluding tert-OH is 3. The molecule has 0 amide bonds. The van der Waals surface area contributed by atoms with Gasteiger partial charge in [0.2, 0.25) is 0 Å². The van der Waals surface area contributed by atoms with Gasteiger partial charge in [-0.1, -0.05) is 12.1 Å². The van der Waals surface area contributed by atoms with Crippen molar-refractivity contribution in [1.29, 1.82) is 0 Å². The zero-order valence-corrected chi connectivity index (χ0v) is 12.0. The highest BCUT2D eigenvalue weighted by atomic mass is 16.6. The molecule has 2 rings (SSSR count). The fraction of sp³-hybridized carbons (Fsp3) is 0.600. The lowest BCUT2D eigenvalue weighted by Crippen LogP contribution is -2.32. The number of rotatable bonds is 3. The van der Waals surface area contributed by atoms with Crippen molar-refractivity contribution in [2.45, 2.75) is 50.8 Å². The van der Waals surface area contributed by atoms with Crippen LogP contribution in [0.5, 0.6) is 5.75 Å². The second kappa shape index (κ2) is 5.69. The van der Waals surface area contributed by atoms with Gasteiger partial charge in [0.15, 0.2) is 0 Å². The normalized spacial score (nSPS) is 30.5. The molecule has 5 heteroatoms. The van der Waals surface area contributed by atoms with Gasteiger partial charge < -0.3 is 24.8 Å². The predicted octanol–water partition coefficient (Wildman–Crippen LogP) is 1.02. The fourth-order valence-corrected chi connectivity index (χ4v) is 2.25. The fourth-order valence-electron chi connectivity index (χ4n) is 2.25. The van der Waals surface area contributed by atoms with E-state index in [0.29, 0.717) is 0 Å². The van der Waals surface area contributed by atoms with Crippen LogP contribution in [0.3, 0.4) is 0 Å². The van der Waals surface area contributed by atoms with Crippen molar-refractivity contribution in [3.8, 4) is 5.75 Å². The van der Waals surface area contributed by atoms with E-state index in [1.165, 1.54) is 0 Å². The molecule has 0 saturated carbocycles. The molecule has 3 N–H and O–H groups in total. The molecular weight excluding hydrogens is 260 g/mol. The number of aliphatic hydroxyl groups is 3. The second-order valence-electron chi connectivity index (χ2n) is 6.04.